The maximum atomic E-state index is 12.6. The fourth-order valence-electron chi connectivity index (χ4n) is 3.36. The molecule has 1 aromatic carbocycles. The number of ether oxygens (including phenoxy) is 1. The first kappa shape index (κ1) is 19.4. The normalized spacial score (nSPS) is 21.1. The van der Waals surface area contributed by atoms with E-state index in [1.165, 1.54) is 0 Å². The number of unbranched alkanes of at least 4 members (excludes halogenated alkanes) is 2. The highest BCUT2D eigenvalue weighted by Crippen LogP contribution is 2.24. The highest BCUT2D eigenvalue weighted by atomic mass is 16.5. The Morgan fingerprint density at radius 1 is 1.40 bits per heavy atom. The Labute approximate surface area is 151 Å². The van der Waals surface area contributed by atoms with Gasteiger partial charge in [0.25, 0.3) is 0 Å². The van der Waals surface area contributed by atoms with Gasteiger partial charge < -0.3 is 9.64 Å². The van der Waals surface area contributed by atoms with E-state index in [1.807, 2.05) is 35.2 Å². The first-order chi connectivity index (χ1) is 12.2. The Balaban J connectivity index is 2.00. The van der Waals surface area contributed by atoms with E-state index in [2.05, 4.69) is 18.3 Å². The predicted octanol–water partition coefficient (Wildman–Crippen LogP) is 2.86. The molecule has 0 aromatic heterocycles. The second-order valence-electron chi connectivity index (χ2n) is 6.64. The van der Waals surface area contributed by atoms with Gasteiger partial charge in [-0.3, -0.25) is 10.1 Å². The van der Waals surface area contributed by atoms with Gasteiger partial charge in [0.15, 0.2) is 0 Å². The molecule has 1 aliphatic rings. The third kappa shape index (κ3) is 5.55. The molecule has 3 atom stereocenters. The zero-order valence-corrected chi connectivity index (χ0v) is 15.3. The van der Waals surface area contributed by atoms with Crippen LogP contribution in [0.3, 0.4) is 0 Å². The largest absolute Gasteiger partial charge is 0.380 e. The van der Waals surface area contributed by atoms with Crippen molar-refractivity contribution in [3.05, 3.63) is 35.9 Å². The summed E-state index contributed by atoms with van der Waals surface area (Å²) < 4.78 is 5.47. The number of benzene rings is 1. The van der Waals surface area contributed by atoms with Crippen LogP contribution in [-0.4, -0.2) is 42.6 Å². The molecule has 1 saturated heterocycles. The molecular formula is C20H29N3O2. The molecule has 1 aromatic rings. The number of nitrogens with zero attached hydrogens (tertiary/aromatic N) is 2. The molecule has 0 radical (unpaired) electrons. The average molecular weight is 343 g/mol. The smallest absolute Gasteiger partial charge is 0.222 e. The molecule has 1 aliphatic heterocycles. The van der Waals surface area contributed by atoms with Gasteiger partial charge in [-0.15, -0.1) is 0 Å². The van der Waals surface area contributed by atoms with E-state index in [4.69, 9.17) is 4.74 Å². The van der Waals surface area contributed by atoms with Crippen molar-refractivity contribution in [3.63, 3.8) is 0 Å². The second kappa shape index (κ2) is 10.2. The van der Waals surface area contributed by atoms with E-state index in [9.17, 15) is 10.1 Å². The van der Waals surface area contributed by atoms with Crippen molar-refractivity contribution in [1.82, 2.24) is 10.2 Å². The number of methoxy groups -OCH3 is 1. The number of hydrogen-bond acceptors (Lipinski definition) is 4. The Bertz CT molecular complexity index is 570. The number of hydrogen-bond donors (Lipinski definition) is 1. The van der Waals surface area contributed by atoms with E-state index in [0.717, 1.165) is 24.8 Å². The van der Waals surface area contributed by atoms with E-state index < -0.39 is 6.04 Å². The van der Waals surface area contributed by atoms with Gasteiger partial charge in [-0.05, 0) is 18.4 Å². The van der Waals surface area contributed by atoms with Gasteiger partial charge in [0, 0.05) is 26.6 Å². The van der Waals surface area contributed by atoms with Crippen LogP contribution in [0.5, 0.6) is 0 Å². The molecule has 1 fully saturated rings. The van der Waals surface area contributed by atoms with Crippen molar-refractivity contribution < 1.29 is 9.53 Å². The molecule has 5 heteroatoms. The number of rotatable bonds is 9. The van der Waals surface area contributed by atoms with Crippen molar-refractivity contribution in [2.45, 2.75) is 63.8 Å². The lowest BCUT2D eigenvalue weighted by Crippen LogP contribution is -2.48. The fourth-order valence-corrected chi connectivity index (χ4v) is 3.36. The topological polar surface area (TPSA) is 65.4 Å². The quantitative estimate of drug-likeness (QED) is 0.700. The average Bonchev–Trinajstić information content (AvgIpc) is 3.08. The standard InChI is InChI=1S/C20H29N3O2/c1-3-4-6-11-20(24)23-15-17(25-2)12-19(23)18(13-21)22-14-16-9-7-5-8-10-16/h5,7-10,17-19,22H,3-4,6,11-12,14-15H2,1-2H3/t17-,18?,19+/m1/s1. The van der Waals surface area contributed by atoms with Gasteiger partial charge in [-0.1, -0.05) is 50.1 Å². The van der Waals surface area contributed by atoms with Gasteiger partial charge >= 0.3 is 0 Å². The minimum atomic E-state index is -0.393. The van der Waals surface area contributed by atoms with Crippen LogP contribution in [0.1, 0.15) is 44.6 Å². The summed E-state index contributed by atoms with van der Waals surface area (Å²) in [7, 11) is 1.67. The molecule has 2 rings (SSSR count). The molecule has 1 unspecified atom stereocenters. The maximum absolute atomic E-state index is 12.6. The van der Waals surface area contributed by atoms with Crippen molar-refractivity contribution in [2.24, 2.45) is 0 Å². The Hall–Kier alpha value is -1.90. The van der Waals surface area contributed by atoms with Crippen LogP contribution in [0, 0.1) is 11.3 Å². The van der Waals surface area contributed by atoms with Crippen molar-refractivity contribution in [2.75, 3.05) is 13.7 Å². The number of nitriles is 1. The van der Waals surface area contributed by atoms with E-state index >= 15 is 0 Å². The van der Waals surface area contributed by atoms with Crippen molar-refractivity contribution in [3.8, 4) is 6.07 Å². The third-order valence-electron chi connectivity index (χ3n) is 4.85. The molecule has 0 saturated carbocycles. The highest BCUT2D eigenvalue weighted by molar-refractivity contribution is 5.77. The molecule has 0 spiro atoms. The lowest BCUT2D eigenvalue weighted by atomic mass is 10.0. The predicted molar refractivity (Wildman–Crippen MR) is 97.7 cm³/mol. The zero-order valence-electron chi connectivity index (χ0n) is 15.3. The Kier molecular flexibility index (Phi) is 7.90. The van der Waals surface area contributed by atoms with Gasteiger partial charge in [0.05, 0.1) is 18.2 Å². The van der Waals surface area contributed by atoms with E-state index in [0.29, 0.717) is 25.9 Å². The van der Waals surface area contributed by atoms with Gasteiger partial charge in [0.2, 0.25) is 5.91 Å². The van der Waals surface area contributed by atoms with Crippen molar-refractivity contribution in [1.29, 1.82) is 5.26 Å². The third-order valence-corrected chi connectivity index (χ3v) is 4.85. The SMILES string of the molecule is CCCCCC(=O)N1C[C@H](OC)C[C@H]1C(C#N)NCc1ccccc1. The van der Waals surface area contributed by atoms with E-state index in [-0.39, 0.29) is 18.1 Å². The summed E-state index contributed by atoms with van der Waals surface area (Å²) in [5.74, 6) is 0.139. The maximum Gasteiger partial charge on any atom is 0.222 e. The summed E-state index contributed by atoms with van der Waals surface area (Å²) in [5.41, 5.74) is 1.13. The highest BCUT2D eigenvalue weighted by Gasteiger charge is 2.39. The summed E-state index contributed by atoms with van der Waals surface area (Å²) in [6.07, 6.45) is 4.33. The van der Waals surface area contributed by atoms with E-state index in [1.54, 1.807) is 7.11 Å². The Morgan fingerprint density at radius 3 is 2.80 bits per heavy atom. The summed E-state index contributed by atoms with van der Waals surface area (Å²) in [6.45, 7) is 3.33. The monoisotopic (exact) mass is 343 g/mol. The minimum Gasteiger partial charge on any atom is -0.380 e. The summed E-state index contributed by atoms with van der Waals surface area (Å²) in [4.78, 5) is 14.5. The fraction of sp³-hybridized carbons (Fsp3) is 0.600. The zero-order chi connectivity index (χ0) is 18.1. The van der Waals surface area contributed by atoms with Crippen LogP contribution in [0.25, 0.3) is 0 Å². The molecule has 0 bridgehead atoms. The summed E-state index contributed by atoms with van der Waals surface area (Å²) in [5, 5.41) is 13.0. The van der Waals surface area contributed by atoms with Crippen LogP contribution in [-0.2, 0) is 16.1 Å². The van der Waals surface area contributed by atoms with Gasteiger partial charge in [-0.2, -0.15) is 5.26 Å². The van der Waals surface area contributed by atoms with Gasteiger partial charge in [-0.25, -0.2) is 0 Å². The molecule has 0 aliphatic carbocycles. The Morgan fingerprint density at radius 2 is 2.16 bits per heavy atom. The summed E-state index contributed by atoms with van der Waals surface area (Å²) in [6, 6.07) is 11.8. The number of amides is 1. The molecule has 1 amide bonds. The minimum absolute atomic E-state index is 0.00880. The number of carbonyl (C=O) groups excluding carboxylic acids is 1. The number of nitrogens with one attached hydrogen (secondary N) is 1. The molecule has 1 heterocycles. The lowest BCUT2D eigenvalue weighted by molar-refractivity contribution is -0.132. The van der Waals surface area contributed by atoms with Gasteiger partial charge in [0.1, 0.15) is 6.04 Å². The molecule has 136 valence electrons. The molecule has 25 heavy (non-hydrogen) atoms. The van der Waals surface area contributed by atoms with Crippen LogP contribution in [0.15, 0.2) is 30.3 Å². The van der Waals surface area contributed by atoms with Crippen LogP contribution in [0.2, 0.25) is 0 Å². The van der Waals surface area contributed by atoms with Crippen LogP contribution in [0.4, 0.5) is 0 Å². The number of likely N-dealkylation sites (tertiary alicyclic amines) is 1. The van der Waals surface area contributed by atoms with Crippen LogP contribution < -0.4 is 5.32 Å². The lowest BCUT2D eigenvalue weighted by Gasteiger charge is -2.28. The molecule has 1 N–H and O–H groups in total. The summed E-state index contributed by atoms with van der Waals surface area (Å²) >= 11 is 0. The second-order valence-corrected chi connectivity index (χ2v) is 6.64. The molecular weight excluding hydrogens is 314 g/mol. The van der Waals surface area contributed by atoms with Crippen LogP contribution >= 0.6 is 0 Å². The first-order valence-corrected chi connectivity index (χ1v) is 9.18. The van der Waals surface area contributed by atoms with Crippen molar-refractivity contribution >= 4 is 5.91 Å². The molecule has 5 nitrogen and oxygen atoms in total. The number of carbonyl (C=O) groups is 1. The first-order valence-electron chi connectivity index (χ1n) is 9.18.